The minimum absolute atomic E-state index is 0.0133. The second kappa shape index (κ2) is 6.43. The molecule has 4 N–H and O–H groups in total. The molecule has 0 radical (unpaired) electrons. The van der Waals surface area contributed by atoms with Crippen LogP contribution in [0.1, 0.15) is 72.1 Å². The lowest BCUT2D eigenvalue weighted by atomic mass is 9.50. The summed E-state index contributed by atoms with van der Waals surface area (Å²) >= 11 is 0. The molecule has 4 nitrogen and oxygen atoms in total. The SMILES string of the molecule is CC1CCOC12CCC1C(O)C([C@@]3(C)CC[C@H](O)C[C@@H]3CN)CC[C@@]12C. The summed E-state index contributed by atoms with van der Waals surface area (Å²) in [5.41, 5.74) is 6.26. The highest BCUT2D eigenvalue weighted by Gasteiger charge is 2.66. The first-order chi connectivity index (χ1) is 12.3. The van der Waals surface area contributed by atoms with Gasteiger partial charge in [-0.2, -0.15) is 0 Å². The Morgan fingerprint density at radius 1 is 1.00 bits per heavy atom. The Bertz CT molecular complexity index is 541. The maximum absolute atomic E-state index is 11.6. The Hall–Kier alpha value is -0.160. The van der Waals surface area contributed by atoms with Crippen molar-refractivity contribution in [3.05, 3.63) is 0 Å². The minimum Gasteiger partial charge on any atom is -0.393 e. The van der Waals surface area contributed by atoms with Crippen LogP contribution < -0.4 is 5.73 Å². The first-order valence-corrected chi connectivity index (χ1v) is 11.0. The van der Waals surface area contributed by atoms with E-state index in [2.05, 4.69) is 20.8 Å². The van der Waals surface area contributed by atoms with Gasteiger partial charge in [-0.1, -0.05) is 20.8 Å². The van der Waals surface area contributed by atoms with Crippen molar-refractivity contribution < 1.29 is 14.9 Å². The van der Waals surface area contributed by atoms with E-state index in [1.54, 1.807) is 0 Å². The second-order valence-corrected chi connectivity index (χ2v) is 10.5. The molecule has 1 heterocycles. The van der Waals surface area contributed by atoms with Gasteiger partial charge in [0.1, 0.15) is 0 Å². The van der Waals surface area contributed by atoms with E-state index in [-0.39, 0.29) is 28.6 Å². The topological polar surface area (TPSA) is 75.7 Å². The van der Waals surface area contributed by atoms with Gasteiger partial charge in [0.15, 0.2) is 0 Å². The fourth-order valence-corrected chi connectivity index (χ4v) is 7.95. The normalized spacial score (nSPS) is 57.5. The van der Waals surface area contributed by atoms with Gasteiger partial charge in [0.25, 0.3) is 0 Å². The smallest absolute Gasteiger partial charge is 0.0765 e. The standard InChI is InChI=1S/C22H39NO3/c1-14-7-11-26-22(14)10-6-18-19(25)17(5-9-21(18,22)3)20(2)8-4-16(24)12-15(20)13-23/h14-19,24-25H,4-13,23H2,1-3H3/t14?,15-,16+,17?,18?,19?,20+,21+,22?/m1/s1. The van der Waals surface area contributed by atoms with Crippen molar-refractivity contribution in [2.45, 2.75) is 89.9 Å². The summed E-state index contributed by atoms with van der Waals surface area (Å²) in [5, 5.41) is 21.7. The molecule has 1 aliphatic heterocycles. The molecule has 0 amide bonds. The van der Waals surface area contributed by atoms with Gasteiger partial charge in [-0.25, -0.2) is 0 Å². The van der Waals surface area contributed by atoms with Crippen molar-refractivity contribution in [3.63, 3.8) is 0 Å². The van der Waals surface area contributed by atoms with E-state index < -0.39 is 0 Å². The van der Waals surface area contributed by atoms with Gasteiger partial charge in [-0.05, 0) is 87.0 Å². The van der Waals surface area contributed by atoms with Crippen molar-refractivity contribution in [1.82, 2.24) is 0 Å². The van der Waals surface area contributed by atoms with Crippen LogP contribution in [-0.4, -0.2) is 41.2 Å². The molecule has 3 saturated carbocycles. The first kappa shape index (κ1) is 19.2. The van der Waals surface area contributed by atoms with Crippen molar-refractivity contribution in [1.29, 1.82) is 0 Å². The number of aliphatic hydroxyl groups is 2. The molecule has 1 spiro atoms. The molecule has 0 aromatic heterocycles. The van der Waals surface area contributed by atoms with Gasteiger partial charge < -0.3 is 20.7 Å². The number of hydrogen-bond acceptors (Lipinski definition) is 4. The number of fused-ring (bicyclic) bond motifs is 2. The lowest BCUT2D eigenvalue weighted by Gasteiger charge is -2.57. The van der Waals surface area contributed by atoms with Crippen LogP contribution in [0, 0.1) is 34.5 Å². The molecule has 150 valence electrons. The minimum atomic E-state index is -0.265. The van der Waals surface area contributed by atoms with Gasteiger partial charge in [0, 0.05) is 12.0 Å². The number of hydrogen-bond donors (Lipinski definition) is 3. The molecule has 5 unspecified atom stereocenters. The molecule has 4 heteroatoms. The average Bonchev–Trinajstić information content (AvgIpc) is 3.13. The second-order valence-electron chi connectivity index (χ2n) is 10.5. The summed E-state index contributed by atoms with van der Waals surface area (Å²) < 4.78 is 6.43. The van der Waals surface area contributed by atoms with E-state index in [1.165, 1.54) is 0 Å². The molecular weight excluding hydrogens is 326 g/mol. The van der Waals surface area contributed by atoms with Crippen molar-refractivity contribution in [3.8, 4) is 0 Å². The van der Waals surface area contributed by atoms with Crippen LogP contribution in [0.3, 0.4) is 0 Å². The molecule has 0 aromatic rings. The zero-order valence-corrected chi connectivity index (χ0v) is 16.9. The largest absolute Gasteiger partial charge is 0.393 e. The maximum atomic E-state index is 11.6. The van der Waals surface area contributed by atoms with Crippen LogP contribution in [0.2, 0.25) is 0 Å². The predicted octanol–water partition coefficient (Wildman–Crippen LogP) is 3.09. The summed E-state index contributed by atoms with van der Waals surface area (Å²) in [5.74, 6) is 1.54. The summed E-state index contributed by atoms with van der Waals surface area (Å²) in [4.78, 5) is 0. The van der Waals surface area contributed by atoms with E-state index in [9.17, 15) is 10.2 Å². The van der Waals surface area contributed by atoms with E-state index in [4.69, 9.17) is 10.5 Å². The quantitative estimate of drug-likeness (QED) is 0.703. The van der Waals surface area contributed by atoms with Crippen LogP contribution in [-0.2, 0) is 4.74 Å². The average molecular weight is 366 g/mol. The molecule has 26 heavy (non-hydrogen) atoms. The zero-order chi connectivity index (χ0) is 18.7. The Labute approximate surface area is 158 Å². The third kappa shape index (κ3) is 2.41. The van der Waals surface area contributed by atoms with Gasteiger partial charge in [0.05, 0.1) is 17.8 Å². The van der Waals surface area contributed by atoms with Crippen molar-refractivity contribution in [2.24, 2.45) is 40.2 Å². The molecule has 9 atom stereocenters. The highest BCUT2D eigenvalue weighted by molar-refractivity contribution is 5.16. The molecule has 3 aliphatic carbocycles. The van der Waals surface area contributed by atoms with Crippen LogP contribution >= 0.6 is 0 Å². The van der Waals surface area contributed by atoms with Crippen molar-refractivity contribution in [2.75, 3.05) is 13.2 Å². The molecule has 0 aromatic carbocycles. The molecule has 0 bridgehead atoms. The number of aliphatic hydroxyl groups excluding tert-OH is 2. The van der Waals surface area contributed by atoms with E-state index in [1.807, 2.05) is 0 Å². The molecule has 4 fully saturated rings. The van der Waals surface area contributed by atoms with E-state index >= 15 is 0 Å². The van der Waals surface area contributed by atoms with Crippen molar-refractivity contribution >= 4 is 0 Å². The first-order valence-electron chi connectivity index (χ1n) is 11.0. The third-order valence-electron chi connectivity index (χ3n) is 9.75. The highest BCUT2D eigenvalue weighted by atomic mass is 16.5. The lowest BCUT2D eigenvalue weighted by Crippen LogP contribution is -2.58. The Balaban J connectivity index is 1.60. The fourth-order valence-electron chi connectivity index (χ4n) is 7.95. The summed E-state index contributed by atoms with van der Waals surface area (Å²) in [6.07, 6.45) is 7.72. The fraction of sp³-hybridized carbons (Fsp3) is 1.00. The summed E-state index contributed by atoms with van der Waals surface area (Å²) in [6, 6.07) is 0. The van der Waals surface area contributed by atoms with Gasteiger partial charge >= 0.3 is 0 Å². The van der Waals surface area contributed by atoms with Crippen LogP contribution in [0.5, 0.6) is 0 Å². The Kier molecular flexibility index (Phi) is 4.74. The Morgan fingerprint density at radius 3 is 2.38 bits per heavy atom. The van der Waals surface area contributed by atoms with Gasteiger partial charge in [0.2, 0.25) is 0 Å². The van der Waals surface area contributed by atoms with Gasteiger partial charge in [-0.3, -0.25) is 0 Å². The summed E-state index contributed by atoms with van der Waals surface area (Å²) in [6.45, 7) is 8.59. The lowest BCUT2D eigenvalue weighted by molar-refractivity contribution is -0.174. The maximum Gasteiger partial charge on any atom is 0.0765 e. The molecule has 4 aliphatic rings. The third-order valence-corrected chi connectivity index (χ3v) is 9.75. The predicted molar refractivity (Wildman–Crippen MR) is 103 cm³/mol. The van der Waals surface area contributed by atoms with E-state index in [0.29, 0.717) is 30.2 Å². The van der Waals surface area contributed by atoms with Crippen LogP contribution in [0.25, 0.3) is 0 Å². The van der Waals surface area contributed by atoms with Gasteiger partial charge in [-0.15, -0.1) is 0 Å². The van der Waals surface area contributed by atoms with E-state index in [0.717, 1.165) is 58.0 Å². The number of nitrogens with two attached hydrogens (primary N) is 1. The number of rotatable bonds is 2. The van der Waals surface area contributed by atoms with Crippen LogP contribution in [0.15, 0.2) is 0 Å². The molecule has 4 rings (SSSR count). The summed E-state index contributed by atoms with van der Waals surface area (Å²) in [7, 11) is 0. The highest BCUT2D eigenvalue weighted by Crippen LogP contribution is 2.66. The van der Waals surface area contributed by atoms with Crippen LogP contribution in [0.4, 0.5) is 0 Å². The Morgan fingerprint density at radius 2 is 1.73 bits per heavy atom. The zero-order valence-electron chi connectivity index (χ0n) is 16.9. The molecular formula is C22H39NO3. The number of ether oxygens (including phenoxy) is 1. The molecule has 1 saturated heterocycles. The monoisotopic (exact) mass is 365 g/mol.